The topological polar surface area (TPSA) is 80.1 Å². The van der Waals surface area contributed by atoms with Crippen LogP contribution in [-0.2, 0) is 24.3 Å². The Morgan fingerprint density at radius 1 is 1.32 bits per heavy atom. The lowest BCUT2D eigenvalue weighted by molar-refractivity contribution is -0.121. The minimum Gasteiger partial charge on any atom is -0.354 e. The number of carbonyl (C=O) groups is 1. The average Bonchev–Trinajstić information content (AvgIpc) is 3.19. The van der Waals surface area contributed by atoms with Crippen molar-refractivity contribution in [2.75, 3.05) is 13.1 Å². The van der Waals surface area contributed by atoms with Crippen molar-refractivity contribution in [1.29, 1.82) is 0 Å². The van der Waals surface area contributed by atoms with Crippen LogP contribution in [0, 0.1) is 0 Å². The summed E-state index contributed by atoms with van der Waals surface area (Å²) in [6.07, 6.45) is 1.28. The van der Waals surface area contributed by atoms with Gasteiger partial charge in [-0.05, 0) is 42.5 Å². The molecule has 0 saturated heterocycles. The van der Waals surface area contributed by atoms with Crippen molar-refractivity contribution < 1.29 is 4.79 Å². The van der Waals surface area contributed by atoms with Gasteiger partial charge in [0.2, 0.25) is 5.91 Å². The predicted molar refractivity (Wildman–Crippen MR) is 109 cm³/mol. The maximum atomic E-state index is 12.4. The highest BCUT2D eigenvalue weighted by Crippen LogP contribution is 2.24. The van der Waals surface area contributed by atoms with Crippen molar-refractivity contribution in [1.82, 2.24) is 25.2 Å². The van der Waals surface area contributed by atoms with Crippen molar-refractivity contribution in [2.45, 2.75) is 38.9 Å². The number of rotatable bonds is 6. The first-order valence-corrected chi connectivity index (χ1v) is 10.4. The lowest BCUT2D eigenvalue weighted by Crippen LogP contribution is -2.44. The number of carbonyl (C=O) groups excluding carboxylic acids is 1. The van der Waals surface area contributed by atoms with E-state index < -0.39 is 0 Å². The van der Waals surface area contributed by atoms with Gasteiger partial charge >= 0.3 is 0 Å². The standard InChI is InChI=1S/C20H23N5O2S/c1-14(24-9-6-18-15(13-24)8-11-28-18)12-21-19(26)7-10-25-20(27)16-4-2-3-5-17(16)22-23-25/h2-5,8,11,14H,6-7,9-10,12-13H2,1H3,(H,21,26). The highest BCUT2D eigenvalue weighted by molar-refractivity contribution is 7.10. The SMILES string of the molecule is CC(CNC(=O)CCn1nnc2ccccc2c1=O)N1CCc2sccc2C1. The van der Waals surface area contributed by atoms with Crippen molar-refractivity contribution in [3.63, 3.8) is 0 Å². The van der Waals surface area contributed by atoms with Gasteiger partial charge in [-0.2, -0.15) is 0 Å². The molecular weight excluding hydrogens is 374 g/mol. The fourth-order valence-corrected chi connectivity index (χ4v) is 4.39. The zero-order chi connectivity index (χ0) is 19.5. The summed E-state index contributed by atoms with van der Waals surface area (Å²) >= 11 is 1.83. The third kappa shape index (κ3) is 3.98. The van der Waals surface area contributed by atoms with Gasteiger partial charge in [-0.1, -0.05) is 17.3 Å². The van der Waals surface area contributed by atoms with E-state index in [0.29, 0.717) is 17.4 Å². The van der Waals surface area contributed by atoms with Crippen molar-refractivity contribution >= 4 is 28.1 Å². The highest BCUT2D eigenvalue weighted by atomic mass is 32.1. The van der Waals surface area contributed by atoms with Gasteiger partial charge in [-0.3, -0.25) is 14.5 Å². The third-order valence-electron chi connectivity index (χ3n) is 5.24. The van der Waals surface area contributed by atoms with Gasteiger partial charge in [0.1, 0.15) is 5.52 Å². The summed E-state index contributed by atoms with van der Waals surface area (Å²) in [5, 5.41) is 13.6. The van der Waals surface area contributed by atoms with Gasteiger partial charge in [0.15, 0.2) is 0 Å². The van der Waals surface area contributed by atoms with Crippen LogP contribution in [0.5, 0.6) is 0 Å². The van der Waals surface area contributed by atoms with Gasteiger partial charge in [0.25, 0.3) is 5.56 Å². The van der Waals surface area contributed by atoms with Crippen LogP contribution in [0.3, 0.4) is 0 Å². The zero-order valence-electron chi connectivity index (χ0n) is 15.8. The van der Waals surface area contributed by atoms with Crippen LogP contribution in [0.25, 0.3) is 10.9 Å². The number of amides is 1. The van der Waals surface area contributed by atoms with E-state index in [1.807, 2.05) is 17.4 Å². The molecule has 0 spiro atoms. The summed E-state index contributed by atoms with van der Waals surface area (Å²) in [4.78, 5) is 28.5. The Bertz CT molecular complexity index is 1040. The fraction of sp³-hybridized carbons (Fsp3) is 0.400. The Balaban J connectivity index is 1.28. The first kappa shape index (κ1) is 18.8. The van der Waals surface area contributed by atoms with E-state index in [9.17, 15) is 9.59 Å². The molecule has 1 aliphatic rings. The van der Waals surface area contributed by atoms with Crippen molar-refractivity contribution in [3.05, 3.63) is 56.5 Å². The molecule has 0 radical (unpaired) electrons. The highest BCUT2D eigenvalue weighted by Gasteiger charge is 2.21. The number of aryl methyl sites for hydroxylation is 1. The molecule has 4 rings (SSSR count). The second-order valence-electron chi connectivity index (χ2n) is 7.13. The van der Waals surface area contributed by atoms with Crippen LogP contribution in [0.1, 0.15) is 23.8 Å². The van der Waals surface area contributed by atoms with Crippen molar-refractivity contribution in [2.24, 2.45) is 0 Å². The molecule has 1 amide bonds. The normalized spacial score (nSPS) is 15.3. The van der Waals surface area contributed by atoms with Crippen LogP contribution in [-0.4, -0.2) is 44.9 Å². The monoisotopic (exact) mass is 397 g/mol. The van der Waals surface area contributed by atoms with Crippen LogP contribution in [0.2, 0.25) is 0 Å². The molecule has 0 aliphatic carbocycles. The first-order valence-electron chi connectivity index (χ1n) is 9.50. The third-order valence-corrected chi connectivity index (χ3v) is 6.26. The molecule has 146 valence electrons. The molecule has 3 heterocycles. The van der Waals surface area contributed by atoms with E-state index in [0.717, 1.165) is 19.5 Å². The molecule has 2 aromatic heterocycles. The summed E-state index contributed by atoms with van der Waals surface area (Å²) in [5.74, 6) is -0.0815. The summed E-state index contributed by atoms with van der Waals surface area (Å²) in [6, 6.07) is 9.55. The molecule has 0 fully saturated rings. The van der Waals surface area contributed by atoms with Gasteiger partial charge < -0.3 is 5.32 Å². The lowest BCUT2D eigenvalue weighted by Gasteiger charge is -2.32. The van der Waals surface area contributed by atoms with E-state index in [4.69, 9.17) is 0 Å². The summed E-state index contributed by atoms with van der Waals surface area (Å²) < 4.78 is 1.26. The maximum Gasteiger partial charge on any atom is 0.277 e. The van der Waals surface area contributed by atoms with E-state index in [1.165, 1.54) is 15.1 Å². The number of benzene rings is 1. The quantitative estimate of drug-likeness (QED) is 0.686. The summed E-state index contributed by atoms with van der Waals surface area (Å²) in [5.41, 5.74) is 1.76. The molecular formula is C20H23N5O2S. The molecule has 1 aromatic carbocycles. The molecule has 1 aliphatic heterocycles. The smallest absolute Gasteiger partial charge is 0.277 e. The second-order valence-corrected chi connectivity index (χ2v) is 8.13. The molecule has 7 nitrogen and oxygen atoms in total. The Morgan fingerprint density at radius 3 is 3.07 bits per heavy atom. The van der Waals surface area contributed by atoms with Crippen LogP contribution in [0.15, 0.2) is 40.5 Å². The molecule has 0 saturated carbocycles. The molecule has 1 unspecified atom stereocenters. The molecule has 28 heavy (non-hydrogen) atoms. The van der Waals surface area contributed by atoms with Crippen LogP contribution >= 0.6 is 11.3 Å². The maximum absolute atomic E-state index is 12.4. The Hall–Kier alpha value is -2.58. The second kappa shape index (κ2) is 8.20. The molecule has 3 aromatic rings. The van der Waals surface area contributed by atoms with Crippen LogP contribution in [0.4, 0.5) is 0 Å². The summed E-state index contributed by atoms with van der Waals surface area (Å²) in [6.45, 7) is 4.91. The van der Waals surface area contributed by atoms with Gasteiger partial charge in [-0.25, -0.2) is 4.68 Å². The first-order chi connectivity index (χ1) is 13.6. The van der Waals surface area contributed by atoms with E-state index in [1.54, 1.807) is 18.2 Å². The van der Waals surface area contributed by atoms with Crippen LogP contribution < -0.4 is 10.9 Å². The number of thiophene rings is 1. The molecule has 0 bridgehead atoms. The van der Waals surface area contributed by atoms with Gasteiger partial charge in [0.05, 0.1) is 11.9 Å². The number of hydrogen-bond acceptors (Lipinski definition) is 6. The largest absolute Gasteiger partial charge is 0.354 e. The molecule has 8 heteroatoms. The fourth-order valence-electron chi connectivity index (χ4n) is 3.50. The predicted octanol–water partition coefficient (Wildman–Crippen LogP) is 1.81. The number of nitrogens with one attached hydrogen (secondary N) is 1. The zero-order valence-corrected chi connectivity index (χ0v) is 16.6. The van der Waals surface area contributed by atoms with Gasteiger partial charge in [0, 0.05) is 37.0 Å². The van der Waals surface area contributed by atoms with E-state index in [2.05, 4.69) is 38.9 Å². The Morgan fingerprint density at radius 2 is 2.18 bits per heavy atom. The van der Waals surface area contributed by atoms with E-state index >= 15 is 0 Å². The molecule has 1 atom stereocenters. The Labute approximate surface area is 167 Å². The number of hydrogen-bond donors (Lipinski definition) is 1. The Kier molecular flexibility index (Phi) is 5.50. The molecule has 1 N–H and O–H groups in total. The summed E-state index contributed by atoms with van der Waals surface area (Å²) in [7, 11) is 0. The van der Waals surface area contributed by atoms with Crippen molar-refractivity contribution in [3.8, 4) is 0 Å². The van der Waals surface area contributed by atoms with Gasteiger partial charge in [-0.15, -0.1) is 16.4 Å². The lowest BCUT2D eigenvalue weighted by atomic mass is 10.1. The minimum atomic E-state index is -0.216. The number of nitrogens with zero attached hydrogens (tertiary/aromatic N) is 4. The number of aromatic nitrogens is 3. The minimum absolute atomic E-state index is 0.0815. The number of fused-ring (bicyclic) bond motifs is 2. The average molecular weight is 398 g/mol. The van der Waals surface area contributed by atoms with E-state index in [-0.39, 0.29) is 30.5 Å².